The normalized spacial score (nSPS) is 7.33. The van der Waals surface area contributed by atoms with Crippen LogP contribution in [0, 0.1) is 6.92 Å². The second-order valence-electron chi connectivity index (χ2n) is 1.31. The number of thiophene rings is 1. The van der Waals surface area contributed by atoms with Gasteiger partial charge in [-0.15, -0.1) is 11.3 Å². The third-order valence-electron chi connectivity index (χ3n) is 0.663. The number of carbonyl (C=O) groups excluding carboxylic acids is 1. The molecule has 0 fully saturated rings. The zero-order valence-electron chi connectivity index (χ0n) is 5.00. The molecule has 0 radical (unpaired) electrons. The van der Waals surface area contributed by atoms with Gasteiger partial charge in [0.25, 0.3) is 0 Å². The predicted molar refractivity (Wildman–Crippen MR) is 41.7 cm³/mol. The summed E-state index contributed by atoms with van der Waals surface area (Å²) in [6.07, 6.45) is 0. The first-order valence-corrected chi connectivity index (χ1v) is 3.67. The fourth-order valence-electron chi connectivity index (χ4n) is 0.361. The average Bonchev–Trinajstić information content (AvgIpc) is 2.20. The summed E-state index contributed by atoms with van der Waals surface area (Å²) >= 11 is 6.10. The van der Waals surface area contributed by atoms with E-state index < -0.39 is 0 Å². The highest BCUT2D eigenvalue weighted by Crippen LogP contribution is 2.03. The molecule has 0 aliphatic heterocycles. The molecule has 1 aromatic heterocycles. The Morgan fingerprint density at radius 3 is 2.44 bits per heavy atom. The number of halogens is 1. The average molecular weight is 163 g/mol. The zero-order chi connectivity index (χ0) is 7.11. The first-order chi connectivity index (χ1) is 4.31. The third-order valence-corrected chi connectivity index (χ3v) is 1.46. The summed E-state index contributed by atoms with van der Waals surface area (Å²) < 4.78 is 0. The van der Waals surface area contributed by atoms with Crippen LogP contribution >= 0.6 is 22.9 Å². The molecular formula is C6H7ClOS. The van der Waals surface area contributed by atoms with E-state index in [2.05, 4.69) is 36.0 Å². The lowest BCUT2D eigenvalue weighted by Crippen LogP contribution is -1.42. The number of hydrogen-bond acceptors (Lipinski definition) is 2. The molecule has 3 heteroatoms. The van der Waals surface area contributed by atoms with Crippen molar-refractivity contribution in [3.8, 4) is 0 Å². The van der Waals surface area contributed by atoms with Gasteiger partial charge < -0.3 is 0 Å². The van der Waals surface area contributed by atoms with Crippen LogP contribution < -0.4 is 0 Å². The first-order valence-electron chi connectivity index (χ1n) is 2.35. The monoisotopic (exact) mass is 162 g/mol. The molecule has 0 atom stereocenters. The molecule has 50 valence electrons. The minimum absolute atomic E-state index is 0.222. The van der Waals surface area contributed by atoms with E-state index in [4.69, 9.17) is 4.79 Å². The molecule has 0 spiro atoms. The number of hydrogen-bond donors (Lipinski definition) is 0. The van der Waals surface area contributed by atoms with Gasteiger partial charge in [-0.1, -0.05) is 6.07 Å². The highest BCUT2D eigenvalue weighted by molar-refractivity contribution is 7.09. The van der Waals surface area contributed by atoms with Gasteiger partial charge in [-0.2, -0.15) is 0 Å². The minimum Gasteiger partial charge on any atom is -0.285 e. The third kappa shape index (κ3) is 5.53. The van der Waals surface area contributed by atoms with Crippen LogP contribution in [0.2, 0.25) is 0 Å². The van der Waals surface area contributed by atoms with E-state index >= 15 is 0 Å². The molecule has 0 aromatic carbocycles. The lowest BCUT2D eigenvalue weighted by molar-refractivity contribution is 0.569. The van der Waals surface area contributed by atoms with E-state index in [9.17, 15) is 0 Å². The molecule has 1 rings (SSSR count). The fraction of sp³-hybridized carbons (Fsp3) is 0.167. The molecule has 1 heterocycles. The molecule has 9 heavy (non-hydrogen) atoms. The van der Waals surface area contributed by atoms with Crippen molar-refractivity contribution in [1.29, 1.82) is 0 Å². The van der Waals surface area contributed by atoms with Crippen LogP contribution in [0.15, 0.2) is 17.5 Å². The number of rotatable bonds is 0. The Hall–Kier alpha value is -0.340. The van der Waals surface area contributed by atoms with Crippen molar-refractivity contribution in [2.45, 2.75) is 6.92 Å². The Kier molecular flexibility index (Phi) is 5.57. The standard InChI is InChI=1S/C5H6S.CHClO/c1-5-3-2-4-6-5;2-1-3/h2-4H,1H3;1H. The van der Waals surface area contributed by atoms with E-state index in [1.165, 1.54) is 4.88 Å². The molecule has 0 amide bonds. The van der Waals surface area contributed by atoms with Crippen molar-refractivity contribution in [2.75, 3.05) is 0 Å². The number of carbonyl (C=O) groups is 1. The van der Waals surface area contributed by atoms with Gasteiger partial charge in [-0.25, -0.2) is 0 Å². The largest absolute Gasteiger partial charge is 0.285 e. The second kappa shape index (κ2) is 5.79. The van der Waals surface area contributed by atoms with Gasteiger partial charge in [0.05, 0.1) is 0 Å². The van der Waals surface area contributed by atoms with E-state index in [0.29, 0.717) is 0 Å². The molecule has 0 saturated heterocycles. The lowest BCUT2D eigenvalue weighted by atomic mass is 10.5. The molecule has 0 bridgehead atoms. The molecule has 1 nitrogen and oxygen atoms in total. The predicted octanol–water partition coefficient (Wildman–Crippen LogP) is 2.47. The maximum Gasteiger partial charge on any atom is 0.208 e. The van der Waals surface area contributed by atoms with Gasteiger partial charge in [-0.3, -0.25) is 4.79 Å². The minimum atomic E-state index is 0.222. The molecule has 0 aliphatic rings. The van der Waals surface area contributed by atoms with E-state index in [1.807, 2.05) is 0 Å². The van der Waals surface area contributed by atoms with Gasteiger partial charge in [0.1, 0.15) is 0 Å². The molecule has 0 saturated carbocycles. The van der Waals surface area contributed by atoms with Crippen LogP contribution in [-0.2, 0) is 4.79 Å². The van der Waals surface area contributed by atoms with Crippen LogP contribution in [-0.4, -0.2) is 5.75 Å². The Balaban J connectivity index is 0.000000187. The summed E-state index contributed by atoms with van der Waals surface area (Å²) in [6, 6.07) is 4.16. The van der Waals surface area contributed by atoms with Crippen molar-refractivity contribution in [2.24, 2.45) is 0 Å². The fourth-order valence-corrected chi connectivity index (χ4v) is 0.890. The van der Waals surface area contributed by atoms with Crippen molar-refractivity contribution < 1.29 is 4.79 Å². The Morgan fingerprint density at radius 1 is 1.78 bits per heavy atom. The Morgan fingerprint density at radius 2 is 2.33 bits per heavy atom. The van der Waals surface area contributed by atoms with Crippen LogP contribution in [0.3, 0.4) is 0 Å². The van der Waals surface area contributed by atoms with Crippen molar-refractivity contribution in [3.63, 3.8) is 0 Å². The molecule has 0 N–H and O–H groups in total. The van der Waals surface area contributed by atoms with Crippen molar-refractivity contribution in [3.05, 3.63) is 22.4 Å². The van der Waals surface area contributed by atoms with Crippen LogP contribution in [0.4, 0.5) is 0 Å². The molecule has 1 aromatic rings. The summed E-state index contributed by atoms with van der Waals surface area (Å²) in [5.74, 6) is 0.222. The van der Waals surface area contributed by atoms with Gasteiger partial charge in [0.15, 0.2) is 0 Å². The smallest absolute Gasteiger partial charge is 0.208 e. The van der Waals surface area contributed by atoms with Gasteiger partial charge in [0, 0.05) is 4.88 Å². The van der Waals surface area contributed by atoms with Crippen molar-refractivity contribution >= 4 is 28.7 Å². The molecule has 0 aliphatic carbocycles. The highest BCUT2D eigenvalue weighted by atomic mass is 35.5. The second-order valence-corrected chi connectivity index (χ2v) is 2.64. The van der Waals surface area contributed by atoms with Gasteiger partial charge in [-0.05, 0) is 30.0 Å². The van der Waals surface area contributed by atoms with Crippen LogP contribution in [0.5, 0.6) is 0 Å². The Labute approximate surface area is 63.3 Å². The van der Waals surface area contributed by atoms with Crippen molar-refractivity contribution in [1.82, 2.24) is 0 Å². The topological polar surface area (TPSA) is 17.1 Å². The van der Waals surface area contributed by atoms with E-state index in [0.717, 1.165) is 0 Å². The maximum absolute atomic E-state index is 8.57. The summed E-state index contributed by atoms with van der Waals surface area (Å²) in [5.41, 5.74) is 0. The van der Waals surface area contributed by atoms with Crippen LogP contribution in [0.25, 0.3) is 0 Å². The quantitative estimate of drug-likeness (QED) is 0.423. The summed E-state index contributed by atoms with van der Waals surface area (Å²) in [5, 5.41) is 2.08. The van der Waals surface area contributed by atoms with E-state index in [1.54, 1.807) is 11.3 Å². The van der Waals surface area contributed by atoms with Gasteiger partial charge in [0.2, 0.25) is 5.75 Å². The molecular weight excluding hydrogens is 156 g/mol. The maximum atomic E-state index is 8.57. The van der Waals surface area contributed by atoms with E-state index in [-0.39, 0.29) is 5.75 Å². The highest BCUT2D eigenvalue weighted by Gasteiger charge is 1.74. The Bertz CT molecular complexity index is 148. The number of aryl methyl sites for hydroxylation is 1. The van der Waals surface area contributed by atoms with Crippen LogP contribution in [0.1, 0.15) is 4.88 Å². The molecule has 0 unspecified atom stereocenters. The summed E-state index contributed by atoms with van der Waals surface area (Å²) in [4.78, 5) is 9.96. The first kappa shape index (κ1) is 8.66. The van der Waals surface area contributed by atoms with Gasteiger partial charge >= 0.3 is 0 Å². The zero-order valence-corrected chi connectivity index (χ0v) is 6.58. The summed E-state index contributed by atoms with van der Waals surface area (Å²) in [6.45, 7) is 2.10. The SMILES string of the molecule is Cc1cccs1.O=CCl. The summed E-state index contributed by atoms with van der Waals surface area (Å²) in [7, 11) is 0. The lowest BCUT2D eigenvalue weighted by Gasteiger charge is -1.65.